The zero-order valence-corrected chi connectivity index (χ0v) is 12.8. The summed E-state index contributed by atoms with van der Waals surface area (Å²) in [6.45, 7) is 0. The zero-order valence-electron chi connectivity index (χ0n) is 12.0. The normalized spacial score (nSPS) is 21.0. The van der Waals surface area contributed by atoms with Gasteiger partial charge in [-0.25, -0.2) is 4.98 Å². The van der Waals surface area contributed by atoms with Crippen LogP contribution in [0.2, 0.25) is 5.28 Å². The van der Waals surface area contributed by atoms with E-state index in [9.17, 15) is 9.90 Å². The molecule has 132 valence electrons. The lowest BCUT2D eigenvalue weighted by Crippen LogP contribution is -2.36. The molecule has 1 amide bonds. The van der Waals surface area contributed by atoms with E-state index in [1.165, 1.54) is 13.3 Å². The van der Waals surface area contributed by atoms with Gasteiger partial charge < -0.3 is 15.2 Å². The highest BCUT2D eigenvalue weighted by molar-refractivity contribution is 6.28. The number of hydrogen-bond donors (Lipinski definition) is 2. The fourth-order valence-corrected chi connectivity index (χ4v) is 2.64. The van der Waals surface area contributed by atoms with Gasteiger partial charge in [-0.2, -0.15) is 4.98 Å². The lowest BCUT2D eigenvalue weighted by Gasteiger charge is -2.23. The molecule has 23 heavy (non-hydrogen) atoms. The second-order valence-corrected chi connectivity index (χ2v) is 5.59. The lowest BCUT2D eigenvalue weighted by atomic mass is 9.95. The Bertz CT molecular complexity index is 499. The van der Waals surface area contributed by atoms with Crippen LogP contribution in [0.25, 0.3) is 0 Å². The molecule has 1 aliphatic rings. The van der Waals surface area contributed by atoms with Gasteiger partial charge in [-0.05, 0) is 37.3 Å². The smallest absolute Gasteiger partial charge is 0.258 e. The monoisotopic (exact) mass is 345 g/mol. The summed E-state index contributed by atoms with van der Waals surface area (Å²) in [5.41, 5.74) is 0.268. The van der Waals surface area contributed by atoms with Gasteiger partial charge >= 0.3 is 0 Å². The number of nitrogens with one attached hydrogen (secondary N) is 1. The molecule has 6 nitrogen and oxygen atoms in total. The third-order valence-electron chi connectivity index (χ3n) is 3.69. The second-order valence-electron chi connectivity index (χ2n) is 5.25. The van der Waals surface area contributed by atoms with Crippen molar-refractivity contribution in [2.24, 2.45) is 0 Å². The summed E-state index contributed by atoms with van der Waals surface area (Å²) in [6, 6.07) is 0.0489. The number of amides is 1. The van der Waals surface area contributed by atoms with Crippen LogP contribution in [-0.2, 0) is 0 Å². The van der Waals surface area contributed by atoms with Crippen LogP contribution in [0.15, 0.2) is 6.20 Å². The number of halogens is 1. The molecule has 1 heterocycles. The predicted octanol–water partition coefficient (Wildman–Crippen LogP) is 3.22. The lowest BCUT2D eigenvalue weighted by molar-refractivity contribution is 0.0906. The van der Waals surface area contributed by atoms with Gasteiger partial charge in [0.15, 0.2) is 0 Å². The molecule has 1 aromatic rings. The quantitative estimate of drug-likeness (QED) is 0.821. The number of ether oxygens (including phenoxy) is 1. The minimum atomic E-state index is -0.274. The first-order valence-electron chi connectivity index (χ1n) is 7.15. The van der Waals surface area contributed by atoms with Crippen LogP contribution < -0.4 is 10.1 Å². The average molecular weight is 346 g/mol. The van der Waals surface area contributed by atoms with E-state index in [0.29, 0.717) is 6.42 Å². The Morgan fingerprint density at radius 2 is 2.00 bits per heavy atom. The Kier molecular flexibility index (Phi) is 9.76. The summed E-state index contributed by atoms with van der Waals surface area (Å²) in [7, 11) is 1.43. The molecule has 1 saturated carbocycles. The molecule has 2 atom stereocenters. The number of carbonyl (C=O) groups excluding carboxylic acids is 1. The number of aliphatic hydroxyl groups is 1. The number of aliphatic hydroxyl groups excluding tert-OH is 1. The van der Waals surface area contributed by atoms with Crippen molar-refractivity contribution in [3.05, 3.63) is 17.0 Å². The highest BCUT2D eigenvalue weighted by Crippen LogP contribution is 2.20. The SMILES string of the molecule is C.C.COc1nc(Cl)ncc1C(=O)N[C@@H]1CCCC[C@H](O)CC1. The van der Waals surface area contributed by atoms with E-state index in [1.807, 2.05) is 0 Å². The van der Waals surface area contributed by atoms with E-state index in [4.69, 9.17) is 16.3 Å². The fraction of sp³-hybridized carbons (Fsp3) is 0.688. The van der Waals surface area contributed by atoms with E-state index in [1.54, 1.807) is 0 Å². The molecule has 1 aliphatic carbocycles. The van der Waals surface area contributed by atoms with Gasteiger partial charge in [-0.3, -0.25) is 4.79 Å². The Balaban J connectivity index is 0.00000242. The molecule has 0 aromatic carbocycles. The summed E-state index contributed by atoms with van der Waals surface area (Å²) < 4.78 is 5.06. The number of hydrogen-bond acceptors (Lipinski definition) is 5. The third kappa shape index (κ3) is 6.31. The van der Waals surface area contributed by atoms with E-state index < -0.39 is 0 Å². The van der Waals surface area contributed by atoms with E-state index in [-0.39, 0.29) is 49.6 Å². The second kappa shape index (κ2) is 10.4. The van der Waals surface area contributed by atoms with Gasteiger partial charge in [0, 0.05) is 12.2 Å². The van der Waals surface area contributed by atoms with E-state index in [0.717, 1.165) is 32.1 Å². The molecule has 0 unspecified atom stereocenters. The first-order chi connectivity index (χ1) is 10.1. The van der Waals surface area contributed by atoms with Crippen molar-refractivity contribution >= 4 is 17.5 Å². The number of methoxy groups -OCH3 is 1. The van der Waals surface area contributed by atoms with Gasteiger partial charge in [-0.1, -0.05) is 27.7 Å². The average Bonchev–Trinajstić information content (AvgIpc) is 2.46. The van der Waals surface area contributed by atoms with Crippen LogP contribution in [0, 0.1) is 0 Å². The maximum atomic E-state index is 12.3. The summed E-state index contributed by atoms with van der Waals surface area (Å²) in [5.74, 6) is -0.109. The Labute approximate surface area is 143 Å². The molecular weight excluding hydrogens is 318 g/mol. The van der Waals surface area contributed by atoms with Crippen LogP contribution in [0.1, 0.15) is 63.7 Å². The van der Waals surface area contributed by atoms with Crippen LogP contribution in [0.4, 0.5) is 0 Å². The van der Waals surface area contributed by atoms with Gasteiger partial charge in [0.2, 0.25) is 11.2 Å². The first-order valence-corrected chi connectivity index (χ1v) is 7.53. The summed E-state index contributed by atoms with van der Waals surface area (Å²) >= 11 is 5.69. The van der Waals surface area contributed by atoms with Crippen LogP contribution in [0.5, 0.6) is 5.88 Å². The molecule has 2 N–H and O–H groups in total. The Hall–Kier alpha value is -1.40. The largest absolute Gasteiger partial charge is 0.480 e. The molecule has 0 aliphatic heterocycles. The molecule has 0 bridgehead atoms. The van der Waals surface area contributed by atoms with Crippen molar-refractivity contribution in [3.8, 4) is 5.88 Å². The standard InChI is InChI=1S/C14H20ClN3O3.2CH4/c1-21-13-11(8-16-14(15)18-13)12(20)17-9-4-2-3-5-10(19)7-6-9;;/h8-10,19H,2-7H2,1H3,(H,17,20);2*1H4/t9-,10+;;/m1../s1. The molecule has 2 rings (SSSR count). The van der Waals surface area contributed by atoms with Crippen LogP contribution in [0.3, 0.4) is 0 Å². The maximum absolute atomic E-state index is 12.3. The molecule has 1 fully saturated rings. The molecule has 0 spiro atoms. The first kappa shape index (κ1) is 21.6. The zero-order chi connectivity index (χ0) is 15.2. The molecule has 7 heteroatoms. The van der Waals surface area contributed by atoms with Crippen molar-refractivity contribution in [2.45, 2.75) is 65.5 Å². The maximum Gasteiger partial charge on any atom is 0.258 e. The Morgan fingerprint density at radius 3 is 2.70 bits per heavy atom. The van der Waals surface area contributed by atoms with Crippen LogP contribution >= 0.6 is 11.6 Å². The number of nitrogens with zero attached hydrogens (tertiary/aromatic N) is 2. The highest BCUT2D eigenvalue weighted by Gasteiger charge is 2.21. The van der Waals surface area contributed by atoms with Crippen molar-refractivity contribution in [1.29, 1.82) is 0 Å². The van der Waals surface area contributed by atoms with Crippen molar-refractivity contribution in [3.63, 3.8) is 0 Å². The minimum absolute atomic E-state index is 0. The Morgan fingerprint density at radius 1 is 1.30 bits per heavy atom. The predicted molar refractivity (Wildman–Crippen MR) is 92.0 cm³/mol. The van der Waals surface area contributed by atoms with Crippen molar-refractivity contribution in [1.82, 2.24) is 15.3 Å². The summed E-state index contributed by atoms with van der Waals surface area (Å²) in [6.07, 6.45) is 6.31. The van der Waals surface area contributed by atoms with E-state index >= 15 is 0 Å². The molecule has 0 saturated heterocycles. The number of carbonyl (C=O) groups is 1. The number of rotatable bonds is 3. The van der Waals surface area contributed by atoms with Gasteiger partial charge in [-0.15, -0.1) is 0 Å². The third-order valence-corrected chi connectivity index (χ3v) is 3.87. The molecule has 1 aromatic heterocycles. The number of aromatic nitrogens is 2. The minimum Gasteiger partial charge on any atom is -0.480 e. The molecule has 0 radical (unpaired) electrons. The van der Waals surface area contributed by atoms with Gasteiger partial charge in [0.1, 0.15) is 5.56 Å². The fourth-order valence-electron chi connectivity index (χ4n) is 2.52. The van der Waals surface area contributed by atoms with Gasteiger partial charge in [0.25, 0.3) is 5.91 Å². The highest BCUT2D eigenvalue weighted by atomic mass is 35.5. The van der Waals surface area contributed by atoms with E-state index in [2.05, 4.69) is 15.3 Å². The summed E-state index contributed by atoms with van der Waals surface area (Å²) in [5, 5.41) is 12.7. The van der Waals surface area contributed by atoms with Crippen LogP contribution in [-0.4, -0.2) is 40.2 Å². The topological polar surface area (TPSA) is 84.3 Å². The van der Waals surface area contributed by atoms with Crippen molar-refractivity contribution in [2.75, 3.05) is 7.11 Å². The molecular formula is C16H28ClN3O3. The summed E-state index contributed by atoms with van der Waals surface area (Å²) in [4.78, 5) is 20.0. The van der Waals surface area contributed by atoms with Gasteiger partial charge in [0.05, 0.1) is 13.2 Å². The van der Waals surface area contributed by atoms with Crippen molar-refractivity contribution < 1.29 is 14.6 Å².